The highest BCUT2D eigenvalue weighted by atomic mass is 35.5. The molecule has 1 aromatic carbocycles. The summed E-state index contributed by atoms with van der Waals surface area (Å²) in [7, 11) is 1.94. The molecule has 9 nitrogen and oxygen atoms in total. The fraction of sp³-hybridized carbons (Fsp3) is 0.533. The Morgan fingerprint density at radius 3 is 2.60 bits per heavy atom. The van der Waals surface area contributed by atoms with Crippen LogP contribution in [0.5, 0.6) is 5.75 Å². The van der Waals surface area contributed by atoms with E-state index >= 15 is 0 Å². The maximum absolute atomic E-state index is 10.1. The molecule has 10 heteroatoms. The van der Waals surface area contributed by atoms with Crippen LogP contribution in [0.2, 0.25) is 5.02 Å². The molecule has 1 saturated heterocycles. The Hall–Kier alpha value is -3.19. The third kappa shape index (κ3) is 5.40. The molecule has 3 heterocycles. The Morgan fingerprint density at radius 2 is 1.95 bits per heavy atom. The molecular weight excluding hydrogens is 528 g/mol. The highest BCUT2D eigenvalue weighted by Gasteiger charge is 2.53. The van der Waals surface area contributed by atoms with E-state index < -0.39 is 6.10 Å². The third-order valence-corrected chi connectivity index (χ3v) is 8.50. The number of anilines is 1. The zero-order valence-electron chi connectivity index (χ0n) is 23.9. The van der Waals surface area contributed by atoms with Gasteiger partial charge in [-0.15, -0.1) is 0 Å². The van der Waals surface area contributed by atoms with Gasteiger partial charge in [0.1, 0.15) is 24.8 Å². The molecule has 1 aliphatic heterocycles. The minimum atomic E-state index is -0.524. The molecule has 212 valence electrons. The first-order valence-corrected chi connectivity index (χ1v) is 14.3. The van der Waals surface area contributed by atoms with Gasteiger partial charge in [-0.3, -0.25) is 4.68 Å². The lowest BCUT2D eigenvalue weighted by Crippen LogP contribution is -2.64. The Bertz CT molecular complexity index is 1430. The first kappa shape index (κ1) is 28.3. The molecule has 0 bridgehead atoms. The largest absolute Gasteiger partial charge is 0.491 e. The number of aromatic nitrogens is 4. The molecule has 1 atom stereocenters. The topological polar surface area (TPSA) is 109 Å². The van der Waals surface area contributed by atoms with Gasteiger partial charge in [-0.2, -0.15) is 10.4 Å². The van der Waals surface area contributed by atoms with Crippen molar-refractivity contribution in [3.8, 4) is 34.6 Å². The summed E-state index contributed by atoms with van der Waals surface area (Å²) in [6.45, 7) is 10.3. The summed E-state index contributed by atoms with van der Waals surface area (Å²) in [5, 5.41) is 24.1. The lowest BCUT2D eigenvalue weighted by atomic mass is 9.61. The van der Waals surface area contributed by atoms with Crippen LogP contribution >= 0.6 is 11.6 Å². The minimum absolute atomic E-state index is 0.146. The Balaban J connectivity index is 1.50. The van der Waals surface area contributed by atoms with Crippen molar-refractivity contribution < 1.29 is 14.6 Å². The monoisotopic (exact) mass is 564 g/mol. The molecule has 40 heavy (non-hydrogen) atoms. The van der Waals surface area contributed by atoms with Crippen LogP contribution in [-0.2, 0) is 11.8 Å². The average molecular weight is 565 g/mol. The van der Waals surface area contributed by atoms with E-state index in [1.807, 2.05) is 31.6 Å². The standard InChI is InChI=1S/C30H37ClN6O3/c1-6-7-21(38)15-40-22-8-9-25(31)24(12-22)28-33-26(27-18(2)20(4)35-36(27)5)19(3)29(34-28)37-16-30(17-37)13-23(14-30)39-11-10-32/h8-9,12,21,23,38H,6-7,11,13-17H2,1-5H3/t21-/m1/s1. The van der Waals surface area contributed by atoms with Gasteiger partial charge in [0.25, 0.3) is 0 Å². The Morgan fingerprint density at radius 1 is 1.20 bits per heavy atom. The number of hydrogen-bond acceptors (Lipinski definition) is 8. The van der Waals surface area contributed by atoms with Crippen molar-refractivity contribution in [3.05, 3.63) is 40.0 Å². The molecule has 2 aromatic heterocycles. The molecule has 0 radical (unpaired) electrons. The zero-order chi connectivity index (χ0) is 28.6. The lowest BCUT2D eigenvalue weighted by molar-refractivity contribution is -0.0835. The summed E-state index contributed by atoms with van der Waals surface area (Å²) in [6, 6.07) is 7.50. The quantitative estimate of drug-likeness (QED) is 0.359. The van der Waals surface area contributed by atoms with Crippen LogP contribution in [0.4, 0.5) is 5.82 Å². The van der Waals surface area contributed by atoms with Gasteiger partial charge in [0.2, 0.25) is 0 Å². The van der Waals surface area contributed by atoms with Gasteiger partial charge >= 0.3 is 0 Å². The summed E-state index contributed by atoms with van der Waals surface area (Å²) in [5.74, 6) is 2.00. The number of aliphatic hydroxyl groups excluding tert-OH is 1. The van der Waals surface area contributed by atoms with Gasteiger partial charge in [-0.05, 0) is 63.8 Å². The SMILES string of the molecule is CCC[C@@H](O)COc1ccc(Cl)c(-c2nc(-c3c(C)c(C)nn3C)c(C)c(N3CC4(CC(OCC#N)C4)C3)n2)c1. The number of ether oxygens (including phenoxy) is 2. The van der Waals surface area contributed by atoms with Crippen molar-refractivity contribution in [1.29, 1.82) is 5.26 Å². The molecule has 1 N–H and O–H groups in total. The summed E-state index contributed by atoms with van der Waals surface area (Å²) < 4.78 is 13.4. The van der Waals surface area contributed by atoms with Gasteiger partial charge in [0.15, 0.2) is 5.82 Å². The zero-order valence-corrected chi connectivity index (χ0v) is 24.6. The predicted molar refractivity (Wildman–Crippen MR) is 155 cm³/mol. The van der Waals surface area contributed by atoms with Crippen LogP contribution in [0, 0.1) is 37.5 Å². The van der Waals surface area contributed by atoms with E-state index in [1.165, 1.54) is 0 Å². The van der Waals surface area contributed by atoms with Gasteiger partial charge in [-0.1, -0.05) is 24.9 Å². The van der Waals surface area contributed by atoms with Crippen LogP contribution in [0.1, 0.15) is 49.4 Å². The Labute approximate surface area is 240 Å². The van der Waals surface area contributed by atoms with Crippen molar-refractivity contribution in [2.45, 2.75) is 65.6 Å². The third-order valence-electron chi connectivity index (χ3n) is 8.17. The predicted octanol–water partition coefficient (Wildman–Crippen LogP) is 5.17. The van der Waals surface area contributed by atoms with Gasteiger partial charge in [0.05, 0.1) is 40.4 Å². The summed E-state index contributed by atoms with van der Waals surface area (Å²) >= 11 is 6.71. The van der Waals surface area contributed by atoms with Crippen molar-refractivity contribution in [1.82, 2.24) is 19.7 Å². The van der Waals surface area contributed by atoms with Crippen molar-refractivity contribution in [3.63, 3.8) is 0 Å². The first-order valence-electron chi connectivity index (χ1n) is 13.9. The number of benzene rings is 1. The molecule has 2 aliphatic rings. The second-order valence-corrected chi connectivity index (χ2v) is 11.7. The van der Waals surface area contributed by atoms with E-state index in [2.05, 4.69) is 29.9 Å². The van der Waals surface area contributed by atoms with E-state index in [1.54, 1.807) is 12.1 Å². The van der Waals surface area contributed by atoms with E-state index in [9.17, 15) is 5.11 Å². The van der Waals surface area contributed by atoms with Gasteiger partial charge in [0, 0.05) is 36.7 Å². The molecule has 3 aromatic rings. The number of nitrogens with zero attached hydrogens (tertiary/aromatic N) is 6. The molecular formula is C30H37ClN6O3. The van der Waals surface area contributed by atoms with E-state index in [0.717, 1.165) is 66.4 Å². The smallest absolute Gasteiger partial charge is 0.163 e. The molecule has 1 saturated carbocycles. The second-order valence-electron chi connectivity index (χ2n) is 11.3. The maximum Gasteiger partial charge on any atom is 0.163 e. The molecule has 2 fully saturated rings. The number of nitriles is 1. The molecule has 0 unspecified atom stereocenters. The van der Waals surface area contributed by atoms with E-state index in [4.69, 9.17) is 36.3 Å². The average Bonchev–Trinajstić information content (AvgIpc) is 3.13. The number of hydrogen-bond donors (Lipinski definition) is 1. The van der Waals surface area contributed by atoms with Gasteiger partial charge in [-0.25, -0.2) is 9.97 Å². The van der Waals surface area contributed by atoms with Crippen LogP contribution < -0.4 is 9.64 Å². The first-order chi connectivity index (χ1) is 19.1. The second kappa shape index (κ2) is 11.4. The minimum Gasteiger partial charge on any atom is -0.491 e. The molecule has 1 aliphatic carbocycles. The highest BCUT2D eigenvalue weighted by molar-refractivity contribution is 6.33. The van der Waals surface area contributed by atoms with Crippen molar-refractivity contribution in [2.75, 3.05) is 31.2 Å². The fourth-order valence-electron chi connectivity index (χ4n) is 5.98. The summed E-state index contributed by atoms with van der Waals surface area (Å²) in [6.07, 6.45) is 3.13. The summed E-state index contributed by atoms with van der Waals surface area (Å²) in [4.78, 5) is 12.4. The molecule has 5 rings (SSSR count). The van der Waals surface area contributed by atoms with Crippen molar-refractivity contribution in [2.24, 2.45) is 12.5 Å². The lowest BCUT2D eigenvalue weighted by Gasteiger charge is -2.59. The van der Waals surface area contributed by atoms with Crippen molar-refractivity contribution >= 4 is 17.4 Å². The van der Waals surface area contributed by atoms with E-state index in [-0.39, 0.29) is 24.7 Å². The number of rotatable bonds is 10. The maximum atomic E-state index is 10.1. The highest BCUT2D eigenvalue weighted by Crippen LogP contribution is 2.51. The van der Waals surface area contributed by atoms with Crippen LogP contribution in [-0.4, -0.2) is 63.4 Å². The Kier molecular flexibility index (Phi) is 8.05. The fourth-order valence-corrected chi connectivity index (χ4v) is 6.19. The van der Waals surface area contributed by atoms with Crippen LogP contribution in [0.25, 0.3) is 22.8 Å². The van der Waals surface area contributed by atoms with E-state index in [0.29, 0.717) is 28.6 Å². The normalized spacial score (nSPS) is 16.9. The van der Waals surface area contributed by atoms with Crippen LogP contribution in [0.3, 0.4) is 0 Å². The van der Waals surface area contributed by atoms with Crippen LogP contribution in [0.15, 0.2) is 18.2 Å². The number of halogens is 1. The molecule has 1 spiro atoms. The summed E-state index contributed by atoms with van der Waals surface area (Å²) in [5.41, 5.74) is 5.69. The molecule has 0 amide bonds. The number of aryl methyl sites for hydroxylation is 2. The number of aliphatic hydroxyl groups is 1. The van der Waals surface area contributed by atoms with Gasteiger partial charge < -0.3 is 19.5 Å².